The molecule has 1 unspecified atom stereocenters. The van der Waals surface area contributed by atoms with Crippen LogP contribution in [0.4, 0.5) is 5.69 Å². The second-order valence-electron chi connectivity index (χ2n) is 6.43. The van der Waals surface area contributed by atoms with Gasteiger partial charge in [0.25, 0.3) is 11.6 Å². The first-order valence-electron chi connectivity index (χ1n) is 7.59. The molecule has 0 bridgehead atoms. The Bertz CT molecular complexity index is 678. The van der Waals surface area contributed by atoms with Crippen LogP contribution >= 0.6 is 0 Å². The predicted molar refractivity (Wildman–Crippen MR) is 91.7 cm³/mol. The van der Waals surface area contributed by atoms with Gasteiger partial charge in [-0.1, -0.05) is 32.9 Å². The fraction of sp³-hybridized carbons (Fsp3) is 0.412. The predicted octanol–water partition coefficient (Wildman–Crippen LogP) is 2.28. The zero-order valence-corrected chi connectivity index (χ0v) is 14.4. The maximum atomic E-state index is 12.3. The number of aliphatic carboxylic acids is 1. The van der Waals surface area contributed by atoms with E-state index in [1.54, 1.807) is 0 Å². The molecule has 0 aromatic heterocycles. The summed E-state index contributed by atoms with van der Waals surface area (Å²) in [5, 5.41) is 22.7. The van der Waals surface area contributed by atoms with Gasteiger partial charge >= 0.3 is 5.97 Å². The molecule has 1 atom stereocenters. The van der Waals surface area contributed by atoms with E-state index in [2.05, 4.69) is 11.9 Å². The number of ether oxygens (including phenoxy) is 1. The molecule has 0 fully saturated rings. The van der Waals surface area contributed by atoms with Gasteiger partial charge in [0.1, 0.15) is 0 Å². The van der Waals surface area contributed by atoms with Crippen LogP contribution in [0.5, 0.6) is 0 Å². The number of carboxylic acids is 1. The Morgan fingerprint density at radius 2 is 2.08 bits per heavy atom. The van der Waals surface area contributed by atoms with E-state index in [9.17, 15) is 19.7 Å². The molecular weight excluding hydrogens is 328 g/mol. The summed E-state index contributed by atoms with van der Waals surface area (Å²) in [4.78, 5) is 34.2. The lowest BCUT2D eigenvalue weighted by molar-refractivity contribution is -0.386. The van der Waals surface area contributed by atoms with Crippen LogP contribution in [0, 0.1) is 10.1 Å². The minimum Gasteiger partial charge on any atom is -0.480 e. The summed E-state index contributed by atoms with van der Waals surface area (Å²) >= 11 is 0. The first-order valence-corrected chi connectivity index (χ1v) is 7.59. The van der Waals surface area contributed by atoms with Crippen molar-refractivity contribution in [2.75, 3.05) is 13.2 Å². The Balaban J connectivity index is 3.04. The van der Waals surface area contributed by atoms with Gasteiger partial charge in [0, 0.05) is 17.2 Å². The number of carboxylic acid groups (broad SMARTS) is 1. The highest BCUT2D eigenvalue weighted by Gasteiger charge is 2.27. The number of amides is 1. The fourth-order valence-corrected chi connectivity index (χ4v) is 2.14. The lowest BCUT2D eigenvalue weighted by atomic mass is 9.85. The highest BCUT2D eigenvalue weighted by atomic mass is 16.6. The summed E-state index contributed by atoms with van der Waals surface area (Å²) in [5.74, 6) is -1.99. The highest BCUT2D eigenvalue weighted by molar-refractivity contribution is 5.97. The first-order chi connectivity index (χ1) is 11.6. The van der Waals surface area contributed by atoms with Crippen LogP contribution < -0.4 is 5.32 Å². The van der Waals surface area contributed by atoms with E-state index in [-0.39, 0.29) is 24.5 Å². The van der Waals surface area contributed by atoms with E-state index in [1.165, 1.54) is 18.2 Å². The molecule has 1 aromatic carbocycles. The number of hydrogen-bond acceptors (Lipinski definition) is 5. The molecule has 0 spiro atoms. The van der Waals surface area contributed by atoms with Crippen LogP contribution in [-0.4, -0.2) is 41.2 Å². The van der Waals surface area contributed by atoms with Crippen molar-refractivity contribution >= 4 is 17.6 Å². The molecule has 25 heavy (non-hydrogen) atoms. The number of hydrogen-bond donors (Lipinski definition) is 2. The number of carbonyl (C=O) groups is 2. The smallest absolute Gasteiger partial charge is 0.328 e. The van der Waals surface area contributed by atoms with Crippen molar-refractivity contribution in [1.82, 2.24) is 5.32 Å². The summed E-state index contributed by atoms with van der Waals surface area (Å²) in [6.45, 7) is 8.82. The molecule has 1 rings (SSSR count). The molecule has 8 nitrogen and oxygen atoms in total. The van der Waals surface area contributed by atoms with Crippen molar-refractivity contribution < 1.29 is 24.4 Å². The minimum absolute atomic E-state index is 0.00895. The number of nitrogens with zero attached hydrogens (tertiary/aromatic N) is 1. The number of benzene rings is 1. The second kappa shape index (κ2) is 8.39. The van der Waals surface area contributed by atoms with Crippen LogP contribution in [0.2, 0.25) is 0 Å². The van der Waals surface area contributed by atoms with Crippen molar-refractivity contribution in [3.05, 3.63) is 52.1 Å². The van der Waals surface area contributed by atoms with Crippen LogP contribution in [0.3, 0.4) is 0 Å². The van der Waals surface area contributed by atoms with Crippen molar-refractivity contribution in [1.29, 1.82) is 0 Å². The third-order valence-corrected chi connectivity index (χ3v) is 3.39. The first kappa shape index (κ1) is 20.3. The van der Waals surface area contributed by atoms with Gasteiger partial charge in [0.05, 0.1) is 18.1 Å². The molecular formula is C17H22N2O6. The second-order valence-corrected chi connectivity index (χ2v) is 6.43. The Morgan fingerprint density at radius 3 is 2.56 bits per heavy atom. The Morgan fingerprint density at radius 1 is 1.44 bits per heavy atom. The average molecular weight is 350 g/mol. The van der Waals surface area contributed by atoms with Crippen molar-refractivity contribution in [2.24, 2.45) is 0 Å². The minimum atomic E-state index is -1.27. The van der Waals surface area contributed by atoms with Gasteiger partial charge in [-0.15, -0.1) is 6.58 Å². The molecule has 0 aliphatic heterocycles. The van der Waals surface area contributed by atoms with E-state index in [0.29, 0.717) is 5.56 Å². The molecule has 0 saturated carbocycles. The van der Waals surface area contributed by atoms with Gasteiger partial charge in [0.2, 0.25) is 0 Å². The molecule has 136 valence electrons. The van der Waals surface area contributed by atoms with Gasteiger partial charge in [0.15, 0.2) is 6.04 Å². The maximum absolute atomic E-state index is 12.3. The molecule has 0 radical (unpaired) electrons. The number of nitrogens with one attached hydrogen (secondary N) is 1. The standard InChI is InChI=1S/C17H22N2O6/c1-5-8-25-10-13(16(21)22)18-15(20)11-6-7-12(17(2,3)4)14(9-11)19(23)24/h5-7,9,13H,1,8,10H2,2-4H3,(H,18,20)(H,21,22). The summed E-state index contributed by atoms with van der Waals surface area (Å²) in [6, 6.07) is 2.83. The van der Waals surface area contributed by atoms with Gasteiger partial charge in [-0.2, -0.15) is 0 Å². The fourth-order valence-electron chi connectivity index (χ4n) is 2.14. The average Bonchev–Trinajstić information content (AvgIpc) is 2.52. The lowest BCUT2D eigenvalue weighted by Crippen LogP contribution is -2.44. The van der Waals surface area contributed by atoms with Crippen molar-refractivity contribution in [3.8, 4) is 0 Å². The SMILES string of the molecule is C=CCOCC(NC(=O)c1ccc(C(C)(C)C)c([N+](=O)[O-])c1)C(=O)O. The third kappa shape index (κ3) is 5.68. The van der Waals surface area contributed by atoms with Gasteiger partial charge < -0.3 is 15.2 Å². The lowest BCUT2D eigenvalue weighted by Gasteiger charge is -2.19. The number of nitro benzene ring substituents is 1. The molecule has 1 amide bonds. The van der Waals surface area contributed by atoms with E-state index >= 15 is 0 Å². The molecule has 1 aromatic rings. The molecule has 0 heterocycles. The zero-order chi connectivity index (χ0) is 19.2. The number of rotatable bonds is 8. The molecule has 0 saturated heterocycles. The molecule has 0 aliphatic rings. The molecule has 2 N–H and O–H groups in total. The summed E-state index contributed by atoms with van der Waals surface area (Å²) in [6.07, 6.45) is 1.45. The van der Waals surface area contributed by atoms with Crippen LogP contribution in [0.15, 0.2) is 30.9 Å². The normalized spacial score (nSPS) is 12.3. The zero-order valence-electron chi connectivity index (χ0n) is 14.4. The van der Waals surface area contributed by atoms with Crippen LogP contribution in [-0.2, 0) is 14.9 Å². The summed E-state index contributed by atoms with van der Waals surface area (Å²) < 4.78 is 5.05. The van der Waals surface area contributed by atoms with E-state index < -0.39 is 28.3 Å². The van der Waals surface area contributed by atoms with E-state index in [0.717, 1.165) is 6.07 Å². The van der Waals surface area contributed by atoms with Crippen molar-refractivity contribution in [3.63, 3.8) is 0 Å². The topological polar surface area (TPSA) is 119 Å². The molecule has 0 aliphatic carbocycles. The Labute approximate surface area is 145 Å². The van der Waals surface area contributed by atoms with Crippen LogP contribution in [0.1, 0.15) is 36.7 Å². The maximum Gasteiger partial charge on any atom is 0.328 e. The van der Waals surface area contributed by atoms with Crippen LogP contribution in [0.25, 0.3) is 0 Å². The number of carbonyl (C=O) groups excluding carboxylic acids is 1. The van der Waals surface area contributed by atoms with E-state index in [1.807, 2.05) is 20.8 Å². The largest absolute Gasteiger partial charge is 0.480 e. The summed E-state index contributed by atoms with van der Waals surface area (Å²) in [5.41, 5.74) is -0.165. The van der Waals surface area contributed by atoms with Gasteiger partial charge in [-0.05, 0) is 11.5 Å². The van der Waals surface area contributed by atoms with Gasteiger partial charge in [-0.25, -0.2) is 4.79 Å². The van der Waals surface area contributed by atoms with E-state index in [4.69, 9.17) is 9.84 Å². The van der Waals surface area contributed by atoms with Gasteiger partial charge in [-0.3, -0.25) is 14.9 Å². The third-order valence-electron chi connectivity index (χ3n) is 3.39. The quantitative estimate of drug-likeness (QED) is 0.321. The Hall–Kier alpha value is -2.74. The monoisotopic (exact) mass is 350 g/mol. The molecule has 8 heteroatoms. The summed E-state index contributed by atoms with van der Waals surface area (Å²) in [7, 11) is 0. The van der Waals surface area contributed by atoms with Crippen molar-refractivity contribution in [2.45, 2.75) is 32.2 Å². The Kier molecular flexibility index (Phi) is 6.81. The number of nitro groups is 1. The highest BCUT2D eigenvalue weighted by Crippen LogP contribution is 2.31.